The summed E-state index contributed by atoms with van der Waals surface area (Å²) in [5.41, 5.74) is 3.51. The highest BCUT2D eigenvalue weighted by Gasteiger charge is 2.35. The van der Waals surface area contributed by atoms with Crippen molar-refractivity contribution in [2.45, 2.75) is 39.9 Å². The number of nitriles is 1. The lowest BCUT2D eigenvalue weighted by atomic mass is 10.0. The molecule has 2 aromatic heterocycles. The van der Waals surface area contributed by atoms with Crippen LogP contribution in [0.25, 0.3) is 0 Å². The number of aromatic nitrogens is 4. The third kappa shape index (κ3) is 2.34. The predicted molar refractivity (Wildman–Crippen MR) is 89.6 cm³/mol. The number of aryl methyl sites for hydroxylation is 3. The lowest BCUT2D eigenvalue weighted by Crippen LogP contribution is -2.61. The molecule has 2 aliphatic heterocycles. The fraction of sp³-hybridized carbons (Fsp3) is 0.529. The Morgan fingerprint density at radius 1 is 1.17 bits per heavy atom. The molecule has 1 fully saturated rings. The van der Waals surface area contributed by atoms with Crippen molar-refractivity contribution in [1.82, 2.24) is 24.6 Å². The van der Waals surface area contributed by atoms with E-state index in [0.29, 0.717) is 11.6 Å². The van der Waals surface area contributed by atoms with Crippen LogP contribution in [-0.4, -0.2) is 50.3 Å². The van der Waals surface area contributed by atoms with Gasteiger partial charge in [-0.25, -0.2) is 0 Å². The summed E-state index contributed by atoms with van der Waals surface area (Å²) in [5, 5.41) is 17.9. The highest BCUT2D eigenvalue weighted by Crippen LogP contribution is 2.30. The normalized spacial score (nSPS) is 18.2. The minimum Gasteiger partial charge on any atom is -0.367 e. The molecule has 124 valence electrons. The van der Waals surface area contributed by atoms with Gasteiger partial charge in [-0.1, -0.05) is 0 Å². The van der Waals surface area contributed by atoms with E-state index >= 15 is 0 Å². The summed E-state index contributed by atoms with van der Waals surface area (Å²) in [6.07, 6.45) is 0. The minimum atomic E-state index is 0.510. The average molecular weight is 323 g/mol. The smallest absolute Gasteiger partial charge is 0.147 e. The van der Waals surface area contributed by atoms with Crippen LogP contribution in [0, 0.1) is 32.1 Å². The summed E-state index contributed by atoms with van der Waals surface area (Å²) in [6, 6.07) is 4.85. The Bertz CT molecular complexity index is 826. The Labute approximate surface area is 141 Å². The van der Waals surface area contributed by atoms with Crippen LogP contribution in [0.15, 0.2) is 6.07 Å². The number of rotatable bonds is 2. The summed E-state index contributed by atoms with van der Waals surface area (Å²) in [4.78, 5) is 9.17. The molecule has 0 aromatic carbocycles. The molecular weight excluding hydrogens is 302 g/mol. The van der Waals surface area contributed by atoms with E-state index in [1.54, 1.807) is 0 Å². The summed E-state index contributed by atoms with van der Waals surface area (Å²) in [6.45, 7) is 10.6. The van der Waals surface area contributed by atoms with Crippen LogP contribution in [0.4, 0.5) is 5.69 Å². The Balaban J connectivity index is 1.47. The van der Waals surface area contributed by atoms with Gasteiger partial charge in [0.05, 0.1) is 23.5 Å². The van der Waals surface area contributed by atoms with Gasteiger partial charge in [-0.2, -0.15) is 5.26 Å². The molecule has 0 atom stereocenters. The van der Waals surface area contributed by atoms with Crippen LogP contribution in [0.1, 0.15) is 28.6 Å². The zero-order valence-electron chi connectivity index (χ0n) is 14.3. The maximum Gasteiger partial charge on any atom is 0.147 e. The summed E-state index contributed by atoms with van der Waals surface area (Å²) >= 11 is 0. The highest BCUT2D eigenvalue weighted by atomic mass is 15.4. The van der Waals surface area contributed by atoms with Crippen LogP contribution in [0.5, 0.6) is 0 Å². The largest absolute Gasteiger partial charge is 0.367 e. The van der Waals surface area contributed by atoms with Crippen molar-refractivity contribution in [3.63, 3.8) is 0 Å². The van der Waals surface area contributed by atoms with Crippen LogP contribution in [0.2, 0.25) is 0 Å². The molecule has 0 amide bonds. The molecule has 7 heteroatoms. The first-order chi connectivity index (χ1) is 11.6. The number of hydrogen-bond donors (Lipinski definition) is 0. The Morgan fingerprint density at radius 3 is 2.71 bits per heavy atom. The van der Waals surface area contributed by atoms with Crippen molar-refractivity contribution >= 4 is 5.69 Å². The molecule has 0 radical (unpaired) electrons. The Hall–Kier alpha value is -2.46. The van der Waals surface area contributed by atoms with Gasteiger partial charge in [0.15, 0.2) is 0 Å². The quantitative estimate of drug-likeness (QED) is 0.826. The van der Waals surface area contributed by atoms with E-state index in [-0.39, 0.29) is 0 Å². The molecule has 0 bridgehead atoms. The number of pyridine rings is 1. The summed E-state index contributed by atoms with van der Waals surface area (Å²) in [5.74, 6) is 2.06. The first kappa shape index (κ1) is 15.1. The SMILES string of the molecule is Cc1cc(N2CC(N3CCn4c(C)nnc4C3)C2)c(C#N)c(C)n1. The molecule has 1 saturated heterocycles. The molecule has 0 unspecified atom stereocenters. The average Bonchev–Trinajstić information content (AvgIpc) is 2.86. The van der Waals surface area contributed by atoms with Gasteiger partial charge in [-0.15, -0.1) is 10.2 Å². The van der Waals surface area contributed by atoms with Gasteiger partial charge in [0.1, 0.15) is 17.7 Å². The van der Waals surface area contributed by atoms with Gasteiger partial charge >= 0.3 is 0 Å². The second kappa shape index (κ2) is 5.56. The van der Waals surface area contributed by atoms with Gasteiger partial charge in [0.25, 0.3) is 0 Å². The van der Waals surface area contributed by atoms with E-state index < -0.39 is 0 Å². The van der Waals surface area contributed by atoms with E-state index in [2.05, 4.69) is 35.6 Å². The van der Waals surface area contributed by atoms with Gasteiger partial charge in [0, 0.05) is 37.9 Å². The predicted octanol–water partition coefficient (Wildman–Crippen LogP) is 1.17. The molecule has 0 aliphatic carbocycles. The molecular formula is C17H21N7. The maximum atomic E-state index is 9.44. The molecule has 2 aliphatic rings. The molecule has 0 saturated carbocycles. The minimum absolute atomic E-state index is 0.510. The van der Waals surface area contributed by atoms with E-state index in [4.69, 9.17) is 0 Å². The van der Waals surface area contributed by atoms with E-state index in [9.17, 15) is 5.26 Å². The van der Waals surface area contributed by atoms with E-state index in [1.807, 2.05) is 26.8 Å². The van der Waals surface area contributed by atoms with Gasteiger partial charge in [0.2, 0.25) is 0 Å². The van der Waals surface area contributed by atoms with Crippen LogP contribution in [-0.2, 0) is 13.1 Å². The topological polar surface area (TPSA) is 73.9 Å². The van der Waals surface area contributed by atoms with Gasteiger partial charge in [-0.05, 0) is 26.8 Å². The zero-order chi connectivity index (χ0) is 16.8. The van der Waals surface area contributed by atoms with E-state index in [0.717, 1.165) is 61.4 Å². The first-order valence-corrected chi connectivity index (χ1v) is 8.33. The summed E-state index contributed by atoms with van der Waals surface area (Å²) < 4.78 is 2.20. The second-order valence-electron chi connectivity index (χ2n) is 6.70. The van der Waals surface area contributed by atoms with Crippen molar-refractivity contribution in [3.05, 3.63) is 34.7 Å². The standard InChI is InChI=1S/C17H21N7/c1-11-6-16(15(7-18)12(2)19-11)23-8-14(9-23)22-4-5-24-13(3)20-21-17(24)10-22/h6,14H,4-5,8-10H2,1-3H3. The van der Waals surface area contributed by atoms with Crippen molar-refractivity contribution in [2.75, 3.05) is 24.5 Å². The molecule has 0 spiro atoms. The van der Waals surface area contributed by atoms with Crippen molar-refractivity contribution in [1.29, 1.82) is 5.26 Å². The first-order valence-electron chi connectivity index (χ1n) is 8.33. The number of hydrogen-bond acceptors (Lipinski definition) is 6. The second-order valence-corrected chi connectivity index (χ2v) is 6.70. The monoisotopic (exact) mass is 323 g/mol. The third-order valence-electron chi connectivity index (χ3n) is 5.11. The van der Waals surface area contributed by atoms with Crippen molar-refractivity contribution < 1.29 is 0 Å². The number of fused-ring (bicyclic) bond motifs is 1. The fourth-order valence-electron chi connectivity index (χ4n) is 3.71. The zero-order valence-corrected chi connectivity index (χ0v) is 14.3. The highest BCUT2D eigenvalue weighted by molar-refractivity contribution is 5.63. The van der Waals surface area contributed by atoms with Crippen molar-refractivity contribution in [2.24, 2.45) is 0 Å². The number of nitrogens with zero attached hydrogens (tertiary/aromatic N) is 7. The van der Waals surface area contributed by atoms with E-state index in [1.165, 1.54) is 0 Å². The third-order valence-corrected chi connectivity index (χ3v) is 5.11. The number of anilines is 1. The van der Waals surface area contributed by atoms with Crippen molar-refractivity contribution in [3.8, 4) is 6.07 Å². The molecule has 2 aromatic rings. The Morgan fingerprint density at radius 2 is 1.96 bits per heavy atom. The van der Waals surface area contributed by atoms with Crippen LogP contribution < -0.4 is 4.90 Å². The molecule has 24 heavy (non-hydrogen) atoms. The fourth-order valence-corrected chi connectivity index (χ4v) is 3.71. The van der Waals surface area contributed by atoms with Gasteiger partial charge < -0.3 is 9.47 Å². The molecule has 0 N–H and O–H groups in total. The Kier molecular flexibility index (Phi) is 3.50. The maximum absolute atomic E-state index is 9.44. The molecule has 4 heterocycles. The summed E-state index contributed by atoms with van der Waals surface area (Å²) in [7, 11) is 0. The van der Waals surface area contributed by atoms with Crippen LogP contribution in [0.3, 0.4) is 0 Å². The lowest BCUT2D eigenvalue weighted by Gasteiger charge is -2.48. The van der Waals surface area contributed by atoms with Crippen LogP contribution >= 0.6 is 0 Å². The molecule has 7 nitrogen and oxygen atoms in total. The molecule has 4 rings (SSSR count). The van der Waals surface area contributed by atoms with Gasteiger partial charge in [-0.3, -0.25) is 9.88 Å². The lowest BCUT2D eigenvalue weighted by molar-refractivity contribution is 0.128.